The van der Waals surface area contributed by atoms with Crippen molar-refractivity contribution in [2.75, 3.05) is 29.9 Å². The fourth-order valence-corrected chi connectivity index (χ4v) is 3.38. The van der Waals surface area contributed by atoms with E-state index in [9.17, 15) is 0 Å². The van der Waals surface area contributed by atoms with Gasteiger partial charge in [0.25, 0.3) is 0 Å². The van der Waals surface area contributed by atoms with Crippen molar-refractivity contribution in [3.05, 3.63) is 22.7 Å². The van der Waals surface area contributed by atoms with E-state index < -0.39 is 0 Å². The Morgan fingerprint density at radius 3 is 2.67 bits per heavy atom. The van der Waals surface area contributed by atoms with Gasteiger partial charge in [-0.3, -0.25) is 0 Å². The zero-order valence-corrected chi connectivity index (χ0v) is 11.7. The van der Waals surface area contributed by atoms with Crippen LogP contribution in [0.4, 0.5) is 11.4 Å². The SMILES string of the molecule is CC1CN(c2cc3c(cc2Cl)CCN3)CC(C)N1. The molecule has 1 fully saturated rings. The van der Waals surface area contributed by atoms with Crippen LogP contribution in [0.5, 0.6) is 0 Å². The summed E-state index contributed by atoms with van der Waals surface area (Å²) in [6, 6.07) is 5.36. The molecule has 3 nitrogen and oxygen atoms in total. The number of nitrogens with zero attached hydrogens (tertiary/aromatic N) is 1. The van der Waals surface area contributed by atoms with E-state index in [0.717, 1.165) is 31.1 Å². The number of nitrogens with one attached hydrogen (secondary N) is 2. The predicted molar refractivity (Wildman–Crippen MR) is 77.9 cm³/mol. The van der Waals surface area contributed by atoms with Crippen LogP contribution in [-0.2, 0) is 6.42 Å². The number of halogens is 1. The summed E-state index contributed by atoms with van der Waals surface area (Å²) in [4.78, 5) is 2.40. The fraction of sp³-hybridized carbons (Fsp3) is 0.571. The van der Waals surface area contributed by atoms with Gasteiger partial charge < -0.3 is 15.5 Å². The first-order chi connectivity index (χ1) is 8.63. The lowest BCUT2D eigenvalue weighted by atomic mass is 10.1. The molecule has 2 heterocycles. The Morgan fingerprint density at radius 1 is 1.22 bits per heavy atom. The third-order valence-electron chi connectivity index (χ3n) is 3.78. The van der Waals surface area contributed by atoms with Gasteiger partial charge in [-0.1, -0.05) is 11.6 Å². The van der Waals surface area contributed by atoms with Crippen molar-refractivity contribution in [1.82, 2.24) is 5.32 Å². The summed E-state index contributed by atoms with van der Waals surface area (Å²) >= 11 is 6.45. The maximum atomic E-state index is 6.45. The van der Waals surface area contributed by atoms with Crippen molar-refractivity contribution in [3.8, 4) is 0 Å². The van der Waals surface area contributed by atoms with Crippen LogP contribution in [-0.4, -0.2) is 31.7 Å². The third-order valence-corrected chi connectivity index (χ3v) is 4.08. The quantitative estimate of drug-likeness (QED) is 0.817. The lowest BCUT2D eigenvalue weighted by Crippen LogP contribution is -2.54. The van der Waals surface area contributed by atoms with Gasteiger partial charge in [0, 0.05) is 37.4 Å². The number of rotatable bonds is 1. The van der Waals surface area contributed by atoms with Gasteiger partial charge in [-0.05, 0) is 38.0 Å². The van der Waals surface area contributed by atoms with E-state index >= 15 is 0 Å². The highest BCUT2D eigenvalue weighted by atomic mass is 35.5. The van der Waals surface area contributed by atoms with Crippen LogP contribution in [0.1, 0.15) is 19.4 Å². The smallest absolute Gasteiger partial charge is 0.0643 e. The van der Waals surface area contributed by atoms with Crippen LogP contribution in [0, 0.1) is 0 Å². The molecule has 0 aromatic heterocycles. The molecule has 4 heteroatoms. The molecule has 18 heavy (non-hydrogen) atoms. The van der Waals surface area contributed by atoms with Crippen LogP contribution in [0.15, 0.2) is 12.1 Å². The predicted octanol–water partition coefficient (Wildman–Crippen LogP) is 2.49. The Balaban J connectivity index is 1.91. The third kappa shape index (κ3) is 2.17. The minimum Gasteiger partial charge on any atom is -0.384 e. The maximum absolute atomic E-state index is 6.45. The van der Waals surface area contributed by atoms with Gasteiger partial charge in [0.1, 0.15) is 0 Å². The summed E-state index contributed by atoms with van der Waals surface area (Å²) in [5.74, 6) is 0. The highest BCUT2D eigenvalue weighted by Gasteiger charge is 2.24. The van der Waals surface area contributed by atoms with E-state index in [1.165, 1.54) is 16.9 Å². The largest absolute Gasteiger partial charge is 0.384 e. The summed E-state index contributed by atoms with van der Waals surface area (Å²) in [5.41, 5.74) is 3.78. The van der Waals surface area contributed by atoms with Crippen LogP contribution >= 0.6 is 11.6 Å². The van der Waals surface area contributed by atoms with Crippen LogP contribution in [0.3, 0.4) is 0 Å². The molecule has 0 amide bonds. The normalized spacial score (nSPS) is 26.9. The molecule has 1 aromatic carbocycles. The van der Waals surface area contributed by atoms with Crippen molar-refractivity contribution in [3.63, 3.8) is 0 Å². The number of hydrogen-bond acceptors (Lipinski definition) is 3. The average molecular weight is 266 g/mol. The first-order valence-electron chi connectivity index (χ1n) is 6.71. The molecule has 0 aliphatic carbocycles. The Hall–Kier alpha value is -0.930. The summed E-state index contributed by atoms with van der Waals surface area (Å²) in [6.07, 6.45) is 1.09. The van der Waals surface area contributed by atoms with Crippen molar-refractivity contribution in [2.45, 2.75) is 32.4 Å². The molecule has 2 aliphatic rings. The second-order valence-corrected chi connectivity index (χ2v) is 5.92. The lowest BCUT2D eigenvalue weighted by molar-refractivity contribution is 0.407. The Bertz CT molecular complexity index is 451. The standard InChI is InChI=1S/C14H20ClN3/c1-9-7-18(8-10(2)17-9)14-6-13-11(3-4-16-13)5-12(14)15/h5-6,9-10,16-17H,3-4,7-8H2,1-2H3. The fourth-order valence-electron chi connectivity index (χ4n) is 3.07. The highest BCUT2D eigenvalue weighted by molar-refractivity contribution is 6.33. The number of benzene rings is 1. The average Bonchev–Trinajstić information content (AvgIpc) is 2.73. The monoisotopic (exact) mass is 265 g/mol. The molecule has 0 spiro atoms. The number of hydrogen-bond donors (Lipinski definition) is 2. The van der Waals surface area contributed by atoms with E-state index in [2.05, 4.69) is 41.5 Å². The van der Waals surface area contributed by atoms with Crippen LogP contribution in [0.25, 0.3) is 0 Å². The first kappa shape index (κ1) is 12.1. The van der Waals surface area contributed by atoms with Crippen LogP contribution in [0.2, 0.25) is 5.02 Å². The van der Waals surface area contributed by atoms with E-state index in [1.807, 2.05) is 0 Å². The highest BCUT2D eigenvalue weighted by Crippen LogP contribution is 2.35. The summed E-state index contributed by atoms with van der Waals surface area (Å²) in [6.45, 7) is 7.51. The Labute approximate surface area is 114 Å². The molecule has 1 aromatic rings. The summed E-state index contributed by atoms with van der Waals surface area (Å²) < 4.78 is 0. The van der Waals surface area contributed by atoms with E-state index in [4.69, 9.17) is 11.6 Å². The zero-order valence-electron chi connectivity index (χ0n) is 11.0. The Kier molecular flexibility index (Phi) is 3.12. The van der Waals surface area contributed by atoms with Gasteiger partial charge in [-0.15, -0.1) is 0 Å². The van der Waals surface area contributed by atoms with Crippen molar-refractivity contribution < 1.29 is 0 Å². The first-order valence-corrected chi connectivity index (χ1v) is 7.08. The molecule has 0 bridgehead atoms. The van der Waals surface area contributed by atoms with Gasteiger partial charge >= 0.3 is 0 Å². The number of piperazine rings is 1. The molecule has 98 valence electrons. The van der Waals surface area contributed by atoms with Gasteiger partial charge in [-0.25, -0.2) is 0 Å². The minimum atomic E-state index is 0.506. The van der Waals surface area contributed by atoms with Crippen molar-refractivity contribution in [1.29, 1.82) is 0 Å². The van der Waals surface area contributed by atoms with Gasteiger partial charge in [0.2, 0.25) is 0 Å². The molecule has 1 saturated heterocycles. The molecule has 3 rings (SSSR count). The van der Waals surface area contributed by atoms with Crippen molar-refractivity contribution in [2.24, 2.45) is 0 Å². The maximum Gasteiger partial charge on any atom is 0.0643 e. The van der Waals surface area contributed by atoms with Crippen LogP contribution < -0.4 is 15.5 Å². The van der Waals surface area contributed by atoms with Gasteiger partial charge in [-0.2, -0.15) is 0 Å². The van der Waals surface area contributed by atoms with Gasteiger partial charge in [0.05, 0.1) is 10.7 Å². The number of fused-ring (bicyclic) bond motifs is 1. The second kappa shape index (κ2) is 4.63. The zero-order chi connectivity index (χ0) is 12.7. The molecular weight excluding hydrogens is 246 g/mol. The summed E-state index contributed by atoms with van der Waals surface area (Å²) in [7, 11) is 0. The summed E-state index contributed by atoms with van der Waals surface area (Å²) in [5, 5.41) is 7.87. The van der Waals surface area contributed by atoms with E-state index in [-0.39, 0.29) is 0 Å². The van der Waals surface area contributed by atoms with Crippen molar-refractivity contribution >= 4 is 23.0 Å². The molecule has 2 N–H and O–H groups in total. The molecule has 0 saturated carbocycles. The molecule has 2 aliphatic heterocycles. The second-order valence-electron chi connectivity index (χ2n) is 5.51. The lowest BCUT2D eigenvalue weighted by Gasteiger charge is -2.38. The van der Waals surface area contributed by atoms with Gasteiger partial charge in [0.15, 0.2) is 0 Å². The molecular formula is C14H20ClN3. The van der Waals surface area contributed by atoms with E-state index in [0.29, 0.717) is 12.1 Å². The Morgan fingerprint density at radius 2 is 1.94 bits per heavy atom. The molecule has 2 unspecified atom stereocenters. The molecule has 0 radical (unpaired) electrons. The van der Waals surface area contributed by atoms with E-state index in [1.54, 1.807) is 0 Å². The number of anilines is 2. The molecule has 2 atom stereocenters. The topological polar surface area (TPSA) is 27.3 Å². The minimum absolute atomic E-state index is 0.506.